The standard InChI is InChI=1S/C34H54Br2S2/c1-3-5-7-9-11-13-15-17-19-21-23-29-27-31(37-33(29)35)25-26-32-28-30(34(36)38-32)24-22-20-18-16-14-12-10-8-6-4-2/h25-28H,3-24H2,1-2H3/b26-25+. The predicted octanol–water partition coefficient (Wildman–Crippen LogP) is 14.4. The van der Waals surface area contributed by atoms with Gasteiger partial charge >= 0.3 is 0 Å². The van der Waals surface area contributed by atoms with Crippen LogP contribution in [0, 0.1) is 0 Å². The topological polar surface area (TPSA) is 0 Å². The minimum absolute atomic E-state index is 1.20. The lowest BCUT2D eigenvalue weighted by atomic mass is 10.0. The zero-order valence-electron chi connectivity index (χ0n) is 24.4. The molecule has 0 aliphatic carbocycles. The first-order valence-electron chi connectivity index (χ1n) is 15.9. The Bertz CT molecular complexity index is 794. The van der Waals surface area contributed by atoms with Crippen molar-refractivity contribution in [1.29, 1.82) is 0 Å². The molecule has 0 fully saturated rings. The van der Waals surface area contributed by atoms with Crippen molar-refractivity contribution >= 4 is 66.7 Å². The van der Waals surface area contributed by atoms with Gasteiger partial charge in [-0.2, -0.15) is 0 Å². The summed E-state index contributed by atoms with van der Waals surface area (Å²) >= 11 is 11.4. The molecule has 2 aromatic heterocycles. The molecule has 0 aliphatic rings. The molecule has 38 heavy (non-hydrogen) atoms. The smallest absolute Gasteiger partial charge is 0.0736 e. The minimum Gasteiger partial charge on any atom is -0.129 e. The maximum atomic E-state index is 3.83. The largest absolute Gasteiger partial charge is 0.129 e. The van der Waals surface area contributed by atoms with Crippen molar-refractivity contribution in [3.8, 4) is 0 Å². The highest BCUT2D eigenvalue weighted by molar-refractivity contribution is 9.11. The lowest BCUT2D eigenvalue weighted by molar-refractivity contribution is 0.556. The Morgan fingerprint density at radius 2 is 0.763 bits per heavy atom. The van der Waals surface area contributed by atoms with Gasteiger partial charge in [-0.15, -0.1) is 22.7 Å². The van der Waals surface area contributed by atoms with E-state index in [2.05, 4.69) is 70.0 Å². The molecule has 216 valence electrons. The number of unbranched alkanes of at least 4 members (excludes halogenated alkanes) is 18. The van der Waals surface area contributed by atoms with Crippen LogP contribution >= 0.6 is 54.5 Å². The zero-order valence-corrected chi connectivity index (χ0v) is 29.2. The van der Waals surface area contributed by atoms with Crippen LogP contribution in [0.2, 0.25) is 0 Å². The summed E-state index contributed by atoms with van der Waals surface area (Å²) in [7, 11) is 0. The molecule has 0 unspecified atom stereocenters. The quantitative estimate of drug-likeness (QED) is 0.0965. The zero-order chi connectivity index (χ0) is 27.3. The Labute approximate surface area is 260 Å². The van der Waals surface area contributed by atoms with Gasteiger partial charge in [0.1, 0.15) is 0 Å². The third-order valence-electron chi connectivity index (χ3n) is 7.56. The molecule has 0 saturated carbocycles. The average molecular weight is 687 g/mol. The van der Waals surface area contributed by atoms with E-state index in [1.54, 1.807) is 0 Å². The highest BCUT2D eigenvalue weighted by Gasteiger charge is 2.07. The molecule has 0 aromatic carbocycles. The second-order valence-corrected chi connectivity index (χ2v) is 15.9. The molecule has 2 heterocycles. The first-order valence-corrected chi connectivity index (χ1v) is 19.1. The maximum absolute atomic E-state index is 3.83. The molecule has 2 aromatic rings. The minimum atomic E-state index is 1.20. The fourth-order valence-electron chi connectivity index (χ4n) is 5.13. The normalized spacial score (nSPS) is 11.8. The van der Waals surface area contributed by atoms with Crippen molar-refractivity contribution < 1.29 is 0 Å². The second-order valence-electron chi connectivity index (χ2n) is 11.1. The summed E-state index contributed by atoms with van der Waals surface area (Å²) in [6.07, 6.45) is 35.0. The monoisotopic (exact) mass is 684 g/mol. The molecule has 0 bridgehead atoms. The average Bonchev–Trinajstić information content (AvgIpc) is 3.45. The van der Waals surface area contributed by atoms with Gasteiger partial charge in [-0.1, -0.05) is 129 Å². The van der Waals surface area contributed by atoms with Crippen molar-refractivity contribution in [2.24, 2.45) is 0 Å². The molecular weight excluding hydrogens is 632 g/mol. The van der Waals surface area contributed by atoms with E-state index < -0.39 is 0 Å². The van der Waals surface area contributed by atoms with Crippen LogP contribution in [0.15, 0.2) is 19.7 Å². The van der Waals surface area contributed by atoms with Crippen LogP contribution in [0.4, 0.5) is 0 Å². The highest BCUT2D eigenvalue weighted by atomic mass is 79.9. The van der Waals surface area contributed by atoms with Crippen molar-refractivity contribution in [3.63, 3.8) is 0 Å². The number of halogens is 2. The molecule has 0 radical (unpaired) electrons. The van der Waals surface area contributed by atoms with Gasteiger partial charge in [0.25, 0.3) is 0 Å². The van der Waals surface area contributed by atoms with Crippen LogP contribution in [0.5, 0.6) is 0 Å². The molecule has 4 heteroatoms. The van der Waals surface area contributed by atoms with Crippen molar-refractivity contribution in [3.05, 3.63) is 40.6 Å². The Hall–Kier alpha value is 0.100. The van der Waals surface area contributed by atoms with Crippen LogP contribution in [-0.4, -0.2) is 0 Å². The predicted molar refractivity (Wildman–Crippen MR) is 184 cm³/mol. The van der Waals surface area contributed by atoms with Gasteiger partial charge in [0.2, 0.25) is 0 Å². The van der Waals surface area contributed by atoms with Crippen molar-refractivity contribution in [1.82, 2.24) is 0 Å². The Balaban J connectivity index is 1.61. The van der Waals surface area contributed by atoms with Crippen LogP contribution in [-0.2, 0) is 12.8 Å². The fraction of sp³-hybridized carbons (Fsp3) is 0.706. The highest BCUT2D eigenvalue weighted by Crippen LogP contribution is 2.33. The summed E-state index contributed by atoms with van der Waals surface area (Å²) in [5.41, 5.74) is 2.98. The van der Waals surface area contributed by atoms with Gasteiger partial charge in [0.15, 0.2) is 0 Å². The van der Waals surface area contributed by atoms with Crippen LogP contribution in [0.1, 0.15) is 163 Å². The van der Waals surface area contributed by atoms with Crippen molar-refractivity contribution in [2.45, 2.75) is 155 Å². The van der Waals surface area contributed by atoms with E-state index in [0.29, 0.717) is 0 Å². The molecule has 0 spiro atoms. The number of aryl methyl sites for hydroxylation is 2. The summed E-state index contributed by atoms with van der Waals surface area (Å²) in [5, 5.41) is 0. The van der Waals surface area contributed by atoms with E-state index in [-0.39, 0.29) is 0 Å². The maximum Gasteiger partial charge on any atom is 0.0736 e. The van der Waals surface area contributed by atoms with Crippen LogP contribution in [0.25, 0.3) is 12.2 Å². The number of hydrogen-bond acceptors (Lipinski definition) is 2. The molecule has 2 rings (SSSR count). The lowest BCUT2D eigenvalue weighted by Crippen LogP contribution is -1.85. The molecule has 0 N–H and O–H groups in total. The molecule has 0 atom stereocenters. The third-order valence-corrected chi connectivity index (χ3v) is 11.4. The molecule has 0 nitrogen and oxygen atoms in total. The summed E-state index contributed by atoms with van der Waals surface area (Å²) < 4.78 is 2.64. The van der Waals surface area contributed by atoms with Crippen LogP contribution < -0.4 is 0 Å². The second kappa shape index (κ2) is 22.8. The summed E-state index contributed by atoms with van der Waals surface area (Å²) in [6.45, 7) is 4.59. The van der Waals surface area contributed by atoms with E-state index in [4.69, 9.17) is 0 Å². The SMILES string of the molecule is CCCCCCCCCCCCc1cc(/C=C/c2cc(CCCCCCCCCCCC)c(Br)s2)sc1Br. The molecule has 0 amide bonds. The molecule has 0 aliphatic heterocycles. The Kier molecular flexibility index (Phi) is 20.5. The van der Waals surface area contributed by atoms with Gasteiger partial charge in [0.05, 0.1) is 7.57 Å². The molecular formula is C34H54Br2S2. The summed E-state index contributed by atoms with van der Waals surface area (Å²) in [5.74, 6) is 0. The van der Waals surface area contributed by atoms with Gasteiger partial charge in [-0.25, -0.2) is 0 Å². The van der Waals surface area contributed by atoms with Crippen molar-refractivity contribution in [2.75, 3.05) is 0 Å². The van der Waals surface area contributed by atoms with Gasteiger partial charge in [-0.05, 0) is 93.0 Å². The van der Waals surface area contributed by atoms with E-state index in [9.17, 15) is 0 Å². The number of hydrogen-bond donors (Lipinski definition) is 0. The van der Waals surface area contributed by atoms with Gasteiger partial charge < -0.3 is 0 Å². The van der Waals surface area contributed by atoms with E-state index in [0.717, 1.165) is 0 Å². The van der Waals surface area contributed by atoms with E-state index in [1.807, 2.05) is 22.7 Å². The lowest BCUT2D eigenvalue weighted by Gasteiger charge is -2.02. The number of rotatable bonds is 24. The van der Waals surface area contributed by atoms with Crippen LogP contribution in [0.3, 0.4) is 0 Å². The fourth-order valence-corrected chi connectivity index (χ4v) is 8.55. The Morgan fingerprint density at radius 1 is 0.474 bits per heavy atom. The van der Waals surface area contributed by atoms with E-state index in [1.165, 1.54) is 170 Å². The number of thiophene rings is 2. The summed E-state index contributed by atoms with van der Waals surface area (Å²) in [6, 6.07) is 4.79. The third kappa shape index (κ3) is 15.8. The first-order chi connectivity index (χ1) is 18.6. The van der Waals surface area contributed by atoms with Gasteiger partial charge in [0, 0.05) is 9.75 Å². The molecule has 0 saturated heterocycles. The first kappa shape index (κ1) is 34.3. The Morgan fingerprint density at radius 3 is 1.08 bits per heavy atom. The summed E-state index contributed by atoms with van der Waals surface area (Å²) in [4.78, 5) is 2.72. The van der Waals surface area contributed by atoms with E-state index >= 15 is 0 Å². The van der Waals surface area contributed by atoms with Gasteiger partial charge in [-0.3, -0.25) is 0 Å².